The zero-order chi connectivity index (χ0) is 20.1. The molecule has 0 aliphatic heterocycles. The van der Waals surface area contributed by atoms with Gasteiger partial charge in [-0.1, -0.05) is 46.5 Å². The van der Waals surface area contributed by atoms with E-state index in [2.05, 4.69) is 13.8 Å². The molecule has 0 aromatic heterocycles. The molecule has 2 saturated carbocycles. The molecule has 158 valence electrons. The molecule has 2 aliphatic rings. The van der Waals surface area contributed by atoms with Gasteiger partial charge >= 0.3 is 8.80 Å². The zero-order valence-electron chi connectivity index (χ0n) is 18.2. The number of carbonyl (C=O) groups excluding carboxylic acids is 1. The summed E-state index contributed by atoms with van der Waals surface area (Å²) in [5.41, 5.74) is 1.73. The van der Waals surface area contributed by atoms with E-state index < -0.39 is 17.1 Å². The first-order valence-electron chi connectivity index (χ1n) is 10.7. The largest absolute Gasteiger partial charge is 0.518 e. The fourth-order valence-corrected chi connectivity index (χ4v) is 13.8. The molecular weight excluding hydrogens is 376 g/mol. The predicted molar refractivity (Wildman–Crippen MR) is 112 cm³/mol. The summed E-state index contributed by atoms with van der Waals surface area (Å²) < 4.78 is 23.3. The van der Waals surface area contributed by atoms with Crippen molar-refractivity contribution >= 4 is 23.1 Å². The van der Waals surface area contributed by atoms with E-state index in [0.29, 0.717) is 22.7 Å². The van der Waals surface area contributed by atoms with Gasteiger partial charge in [0, 0.05) is 27.4 Å². The van der Waals surface area contributed by atoms with Gasteiger partial charge in [-0.15, -0.1) is 0 Å². The third-order valence-electron chi connectivity index (χ3n) is 7.06. The van der Waals surface area contributed by atoms with Crippen LogP contribution in [0.3, 0.4) is 0 Å². The van der Waals surface area contributed by atoms with Crippen LogP contribution < -0.4 is 0 Å². The molecule has 1 atom stereocenters. The van der Waals surface area contributed by atoms with Crippen molar-refractivity contribution in [2.24, 2.45) is 5.92 Å². The van der Waals surface area contributed by atoms with Crippen LogP contribution in [-0.4, -0.2) is 44.4 Å². The highest BCUT2D eigenvalue weighted by Crippen LogP contribution is 2.55. The highest BCUT2D eigenvalue weighted by Gasteiger charge is 2.56. The minimum absolute atomic E-state index is 0.0582. The van der Waals surface area contributed by atoms with E-state index in [1.54, 1.807) is 21.3 Å². The van der Waals surface area contributed by atoms with E-state index in [-0.39, 0.29) is 11.9 Å². The summed E-state index contributed by atoms with van der Waals surface area (Å²) in [7, 11) is -0.193. The molecule has 0 saturated heterocycles. The van der Waals surface area contributed by atoms with Crippen LogP contribution in [-0.2, 0) is 22.5 Å². The quantitative estimate of drug-likeness (QED) is 0.453. The van der Waals surface area contributed by atoms with Gasteiger partial charge in [-0.2, -0.15) is 0 Å². The Balaban J connectivity index is 2.22. The highest BCUT2D eigenvalue weighted by molar-refractivity contribution is 6.79. The molecular formula is C20H40O5Si2. The molecule has 2 fully saturated rings. The monoisotopic (exact) mass is 416 g/mol. The second kappa shape index (κ2) is 10.0. The van der Waals surface area contributed by atoms with Crippen LogP contribution in [0.5, 0.6) is 0 Å². The maximum atomic E-state index is 13.3. The van der Waals surface area contributed by atoms with E-state index >= 15 is 0 Å². The van der Waals surface area contributed by atoms with Gasteiger partial charge in [-0.25, -0.2) is 0 Å². The molecule has 0 aromatic carbocycles. The van der Waals surface area contributed by atoms with Gasteiger partial charge in [-0.05, 0) is 42.3 Å². The summed E-state index contributed by atoms with van der Waals surface area (Å²) in [5, 5.41) is 0. The molecule has 0 radical (unpaired) electrons. The lowest BCUT2D eigenvalue weighted by atomic mass is 10.2. The lowest BCUT2D eigenvalue weighted by Gasteiger charge is -2.44. The first-order chi connectivity index (χ1) is 12.8. The van der Waals surface area contributed by atoms with Crippen molar-refractivity contribution in [1.29, 1.82) is 0 Å². The van der Waals surface area contributed by atoms with E-state index in [0.717, 1.165) is 0 Å². The third-order valence-corrected chi connectivity index (χ3v) is 16.1. The van der Waals surface area contributed by atoms with Crippen LogP contribution in [0.2, 0.25) is 22.7 Å². The summed E-state index contributed by atoms with van der Waals surface area (Å²) in [4.78, 5) is 13.3. The minimum Gasteiger partial charge on any atom is -0.518 e. The fraction of sp³-hybridized carbons (Fsp3) is 0.950. The Morgan fingerprint density at radius 2 is 1.26 bits per heavy atom. The summed E-state index contributed by atoms with van der Waals surface area (Å²) >= 11 is 0. The topological polar surface area (TPSA) is 54.0 Å². The summed E-state index contributed by atoms with van der Waals surface area (Å²) in [6.07, 6.45) is 10.1. The van der Waals surface area contributed by atoms with Gasteiger partial charge in [0.05, 0.1) is 5.92 Å². The fourth-order valence-electron chi connectivity index (χ4n) is 5.55. The molecule has 0 spiro atoms. The molecule has 0 aromatic rings. The van der Waals surface area contributed by atoms with Crippen molar-refractivity contribution in [3.8, 4) is 0 Å². The van der Waals surface area contributed by atoms with Gasteiger partial charge in [0.2, 0.25) is 0 Å². The van der Waals surface area contributed by atoms with Crippen molar-refractivity contribution in [3.05, 3.63) is 0 Å². The second-order valence-corrected chi connectivity index (χ2v) is 16.5. The Kier molecular flexibility index (Phi) is 8.55. The standard InChI is InChI=1S/C20H40O5Si2/c1-16(2)27(18-11-7-8-12-18,19-13-9-10-14-19)25-20(21)17(3)15-26(22-4,23-5)24-6/h16-19H,7-15H2,1-6H3. The molecule has 2 rings (SSSR count). The SMILES string of the molecule is CO[Si](CC(C)C(=O)O[Si](C(C)C)(C1CCCC1)C1CCCC1)(OC)OC. The Hall–Kier alpha value is -0.216. The summed E-state index contributed by atoms with van der Waals surface area (Å²) in [6, 6.07) is 0.466. The number of hydrogen-bond acceptors (Lipinski definition) is 5. The lowest BCUT2D eigenvalue weighted by molar-refractivity contribution is -0.139. The van der Waals surface area contributed by atoms with Crippen molar-refractivity contribution in [3.63, 3.8) is 0 Å². The van der Waals surface area contributed by atoms with Gasteiger partial charge in [0.15, 0.2) is 0 Å². The van der Waals surface area contributed by atoms with Gasteiger partial charge < -0.3 is 17.7 Å². The minimum atomic E-state index is -2.79. The second-order valence-electron chi connectivity index (χ2n) is 8.79. The average molecular weight is 417 g/mol. The highest BCUT2D eigenvalue weighted by atomic mass is 28.4. The Morgan fingerprint density at radius 3 is 1.59 bits per heavy atom. The summed E-state index contributed by atoms with van der Waals surface area (Å²) in [6.45, 7) is 6.54. The Labute approximate surface area is 168 Å². The molecule has 2 aliphatic carbocycles. The number of rotatable bonds is 10. The molecule has 0 bridgehead atoms. The van der Waals surface area contributed by atoms with Crippen LogP contribution in [0, 0.1) is 5.92 Å². The predicted octanol–water partition coefficient (Wildman–Crippen LogP) is 5.29. The lowest BCUT2D eigenvalue weighted by Crippen LogP contribution is -2.52. The molecule has 0 heterocycles. The van der Waals surface area contributed by atoms with Gasteiger partial charge in [0.25, 0.3) is 14.3 Å². The maximum Gasteiger partial charge on any atom is 0.501 e. The summed E-state index contributed by atoms with van der Waals surface area (Å²) in [5.74, 6) is -0.331. The Bertz CT molecular complexity index is 445. The Morgan fingerprint density at radius 1 is 0.852 bits per heavy atom. The van der Waals surface area contributed by atoms with Crippen molar-refractivity contribution in [2.75, 3.05) is 21.3 Å². The van der Waals surface area contributed by atoms with Gasteiger partial charge in [-0.3, -0.25) is 4.79 Å². The van der Waals surface area contributed by atoms with E-state index in [1.807, 2.05) is 6.92 Å². The van der Waals surface area contributed by atoms with E-state index in [9.17, 15) is 4.79 Å². The van der Waals surface area contributed by atoms with E-state index in [4.69, 9.17) is 17.7 Å². The van der Waals surface area contributed by atoms with Crippen molar-refractivity contribution < 1.29 is 22.5 Å². The molecule has 0 N–H and O–H groups in total. The maximum absolute atomic E-state index is 13.3. The smallest absolute Gasteiger partial charge is 0.501 e. The van der Waals surface area contributed by atoms with Crippen LogP contribution in [0.15, 0.2) is 0 Å². The van der Waals surface area contributed by atoms with Crippen LogP contribution in [0.1, 0.15) is 72.1 Å². The zero-order valence-corrected chi connectivity index (χ0v) is 20.2. The normalized spacial score (nSPS) is 21.1. The third kappa shape index (κ3) is 4.86. The molecule has 7 heteroatoms. The van der Waals surface area contributed by atoms with Gasteiger partial charge in [0.1, 0.15) is 0 Å². The first-order valence-corrected chi connectivity index (χ1v) is 14.8. The molecule has 1 unspecified atom stereocenters. The van der Waals surface area contributed by atoms with Crippen LogP contribution >= 0.6 is 0 Å². The molecule has 27 heavy (non-hydrogen) atoms. The number of hydrogen-bond donors (Lipinski definition) is 0. The van der Waals surface area contributed by atoms with Crippen molar-refractivity contribution in [1.82, 2.24) is 0 Å². The van der Waals surface area contributed by atoms with Crippen molar-refractivity contribution in [2.45, 2.75) is 94.8 Å². The average Bonchev–Trinajstić information content (AvgIpc) is 3.38. The van der Waals surface area contributed by atoms with E-state index in [1.165, 1.54) is 51.4 Å². The number of carbonyl (C=O) groups is 1. The van der Waals surface area contributed by atoms with Crippen LogP contribution in [0.25, 0.3) is 0 Å². The molecule has 5 nitrogen and oxygen atoms in total. The molecule has 0 amide bonds. The first kappa shape index (κ1) is 23.1. The van der Waals surface area contributed by atoms with Crippen LogP contribution in [0.4, 0.5) is 0 Å².